The predicted molar refractivity (Wildman–Crippen MR) is 108 cm³/mol. The molecule has 3 aromatic rings. The number of aryl methyl sites for hydroxylation is 2. The van der Waals surface area contributed by atoms with Crippen LogP contribution in [-0.2, 0) is 24.5 Å². The predicted octanol–water partition coefficient (Wildman–Crippen LogP) is 3.68. The average molecular weight is 380 g/mol. The highest BCUT2D eigenvalue weighted by atomic mass is 16.5. The molecule has 6 heteroatoms. The van der Waals surface area contributed by atoms with Gasteiger partial charge in [0.2, 0.25) is 5.88 Å². The second-order valence-electron chi connectivity index (χ2n) is 6.71. The summed E-state index contributed by atoms with van der Waals surface area (Å²) in [6.07, 6.45) is 0.425. The van der Waals surface area contributed by atoms with E-state index in [4.69, 9.17) is 9.47 Å². The van der Waals surface area contributed by atoms with Gasteiger partial charge in [0.15, 0.2) is 0 Å². The molecule has 0 saturated carbocycles. The van der Waals surface area contributed by atoms with Gasteiger partial charge in [-0.3, -0.25) is 9.78 Å². The lowest BCUT2D eigenvalue weighted by molar-refractivity contribution is 0.0561. The van der Waals surface area contributed by atoms with Gasteiger partial charge in [-0.05, 0) is 49.1 Å². The normalized spacial score (nSPS) is 10.8. The van der Waals surface area contributed by atoms with E-state index in [2.05, 4.69) is 4.98 Å². The van der Waals surface area contributed by atoms with Gasteiger partial charge < -0.3 is 9.47 Å². The number of ether oxygens (including phenoxy) is 2. The Hall–Kier alpha value is -3.12. The molecule has 2 aromatic carbocycles. The minimum atomic E-state index is -0.561. The summed E-state index contributed by atoms with van der Waals surface area (Å²) in [7, 11) is 0. The zero-order valence-electron chi connectivity index (χ0n) is 16.3. The number of rotatable bonds is 7. The van der Waals surface area contributed by atoms with Gasteiger partial charge in [0, 0.05) is 0 Å². The lowest BCUT2D eigenvalue weighted by Gasteiger charge is -2.17. The fourth-order valence-electron chi connectivity index (χ4n) is 3.07. The van der Waals surface area contributed by atoms with Crippen LogP contribution >= 0.6 is 0 Å². The Bertz CT molecular complexity index is 1050. The Morgan fingerprint density at radius 2 is 1.68 bits per heavy atom. The molecule has 0 radical (unpaired) electrons. The highest BCUT2D eigenvalue weighted by Gasteiger charge is 2.16. The number of H-pyrrole nitrogens is 1. The van der Waals surface area contributed by atoms with Gasteiger partial charge in [-0.25, -0.2) is 9.36 Å². The Balaban J connectivity index is 1.94. The van der Waals surface area contributed by atoms with Crippen LogP contribution in [-0.4, -0.2) is 9.55 Å². The van der Waals surface area contributed by atoms with Crippen LogP contribution in [0.2, 0.25) is 0 Å². The van der Waals surface area contributed by atoms with E-state index in [-0.39, 0.29) is 12.6 Å². The molecule has 28 heavy (non-hydrogen) atoms. The quantitative estimate of drug-likeness (QED) is 0.679. The Labute approximate surface area is 163 Å². The number of nitrogens with zero attached hydrogens (tertiary/aromatic N) is 1. The van der Waals surface area contributed by atoms with Gasteiger partial charge in [-0.1, -0.05) is 43.3 Å². The first-order valence-electron chi connectivity index (χ1n) is 9.21. The van der Waals surface area contributed by atoms with Crippen LogP contribution in [0.3, 0.4) is 0 Å². The van der Waals surface area contributed by atoms with Crippen molar-refractivity contribution in [2.24, 2.45) is 0 Å². The Morgan fingerprint density at radius 3 is 2.32 bits per heavy atom. The zero-order valence-corrected chi connectivity index (χ0v) is 16.3. The van der Waals surface area contributed by atoms with Crippen molar-refractivity contribution >= 4 is 0 Å². The topological polar surface area (TPSA) is 73.3 Å². The number of hydrogen-bond donors (Lipinski definition) is 1. The maximum Gasteiger partial charge on any atom is 0.333 e. The summed E-state index contributed by atoms with van der Waals surface area (Å²) < 4.78 is 13.1. The lowest BCUT2D eigenvalue weighted by atomic mass is 10.1. The zero-order chi connectivity index (χ0) is 20.1. The summed E-state index contributed by atoms with van der Waals surface area (Å²) in [5.41, 5.74) is 2.47. The van der Waals surface area contributed by atoms with Crippen LogP contribution in [0, 0.1) is 13.8 Å². The van der Waals surface area contributed by atoms with Gasteiger partial charge in [-0.2, -0.15) is 0 Å². The van der Waals surface area contributed by atoms with Crippen LogP contribution in [0.15, 0.2) is 58.1 Å². The second-order valence-corrected chi connectivity index (χ2v) is 6.71. The van der Waals surface area contributed by atoms with Crippen molar-refractivity contribution in [3.63, 3.8) is 0 Å². The van der Waals surface area contributed by atoms with Crippen LogP contribution in [0.4, 0.5) is 0 Å². The fourth-order valence-corrected chi connectivity index (χ4v) is 3.07. The number of benzene rings is 2. The molecule has 3 rings (SSSR count). The monoisotopic (exact) mass is 380 g/mol. The summed E-state index contributed by atoms with van der Waals surface area (Å²) in [5, 5.41) is 0. The molecule has 1 N–H and O–H groups in total. The van der Waals surface area contributed by atoms with Crippen molar-refractivity contribution in [2.75, 3.05) is 0 Å². The van der Waals surface area contributed by atoms with E-state index >= 15 is 0 Å². The highest BCUT2D eigenvalue weighted by Crippen LogP contribution is 2.25. The van der Waals surface area contributed by atoms with Gasteiger partial charge in [0.1, 0.15) is 12.5 Å². The third kappa shape index (κ3) is 4.58. The first-order valence-corrected chi connectivity index (χ1v) is 9.21. The molecule has 6 nitrogen and oxygen atoms in total. The molecule has 1 aromatic heterocycles. The lowest BCUT2D eigenvalue weighted by Crippen LogP contribution is -2.33. The summed E-state index contributed by atoms with van der Waals surface area (Å²) in [6.45, 7) is 6.09. The highest BCUT2D eigenvalue weighted by molar-refractivity contribution is 5.37. The molecule has 0 spiro atoms. The fraction of sp³-hybridized carbons (Fsp3) is 0.273. The molecule has 0 atom stereocenters. The molecular weight excluding hydrogens is 356 g/mol. The van der Waals surface area contributed by atoms with Crippen LogP contribution in [0.1, 0.15) is 29.2 Å². The summed E-state index contributed by atoms with van der Waals surface area (Å²) in [6, 6.07) is 15.4. The van der Waals surface area contributed by atoms with Crippen molar-refractivity contribution in [2.45, 2.75) is 40.5 Å². The van der Waals surface area contributed by atoms with E-state index in [1.807, 2.05) is 69.3 Å². The second kappa shape index (κ2) is 8.71. The molecule has 0 fully saturated rings. The van der Waals surface area contributed by atoms with Crippen LogP contribution < -0.4 is 16.0 Å². The van der Waals surface area contributed by atoms with Crippen molar-refractivity contribution in [1.29, 1.82) is 0 Å². The number of hydrogen-bond acceptors (Lipinski definition) is 4. The Kier molecular flexibility index (Phi) is 6.11. The molecule has 146 valence electrons. The van der Waals surface area contributed by atoms with E-state index < -0.39 is 11.2 Å². The molecule has 1 heterocycles. The molecule has 0 bridgehead atoms. The van der Waals surface area contributed by atoms with Gasteiger partial charge >= 0.3 is 5.69 Å². The van der Waals surface area contributed by atoms with Crippen molar-refractivity contribution < 1.29 is 9.47 Å². The van der Waals surface area contributed by atoms with Crippen molar-refractivity contribution in [3.8, 4) is 11.6 Å². The van der Waals surface area contributed by atoms with Gasteiger partial charge in [0.05, 0.1) is 12.2 Å². The van der Waals surface area contributed by atoms with E-state index in [0.717, 1.165) is 16.7 Å². The van der Waals surface area contributed by atoms with E-state index in [1.54, 1.807) is 0 Å². The average Bonchev–Trinajstić information content (AvgIpc) is 2.64. The summed E-state index contributed by atoms with van der Waals surface area (Å²) in [4.78, 5) is 27.1. The number of aromatic nitrogens is 2. The standard InChI is InChI=1S/C22H24N2O4/c1-4-19-20(25)23-22(26)24(14-27-13-17-8-6-5-7-9-17)21(19)28-18-11-15(2)10-16(3)12-18/h5-12H,4,13-14H2,1-3H3,(H,23,25,26). The van der Waals surface area contributed by atoms with Gasteiger partial charge in [0.25, 0.3) is 5.56 Å². The molecule has 0 unspecified atom stereocenters. The third-order valence-electron chi connectivity index (χ3n) is 4.34. The van der Waals surface area contributed by atoms with E-state index in [0.29, 0.717) is 24.3 Å². The SMILES string of the molecule is CCc1c(Oc2cc(C)cc(C)c2)n(COCc2ccccc2)c(=O)[nH]c1=O. The number of nitrogens with one attached hydrogen (secondary N) is 1. The molecule has 0 aliphatic carbocycles. The molecule has 0 saturated heterocycles. The molecule has 0 aliphatic heterocycles. The maximum atomic E-state index is 12.4. The first-order chi connectivity index (χ1) is 13.5. The Morgan fingerprint density at radius 1 is 1.00 bits per heavy atom. The minimum absolute atomic E-state index is 0.0301. The van der Waals surface area contributed by atoms with Crippen LogP contribution in [0.25, 0.3) is 0 Å². The maximum absolute atomic E-state index is 12.4. The van der Waals surface area contributed by atoms with Crippen LogP contribution in [0.5, 0.6) is 11.6 Å². The van der Waals surface area contributed by atoms with Gasteiger partial charge in [-0.15, -0.1) is 0 Å². The first kappa shape index (κ1) is 19.6. The molecular formula is C22H24N2O4. The van der Waals surface area contributed by atoms with Crippen molar-refractivity contribution in [3.05, 3.63) is 91.6 Å². The molecule has 0 amide bonds. The van der Waals surface area contributed by atoms with E-state index in [1.165, 1.54) is 4.57 Å². The number of aromatic amines is 1. The molecule has 0 aliphatic rings. The third-order valence-corrected chi connectivity index (χ3v) is 4.34. The van der Waals surface area contributed by atoms with Crippen molar-refractivity contribution in [1.82, 2.24) is 9.55 Å². The summed E-state index contributed by atoms with van der Waals surface area (Å²) in [5.74, 6) is 0.795. The minimum Gasteiger partial charge on any atom is -0.440 e. The smallest absolute Gasteiger partial charge is 0.333 e. The largest absolute Gasteiger partial charge is 0.440 e. The summed E-state index contributed by atoms with van der Waals surface area (Å²) >= 11 is 0. The van der Waals surface area contributed by atoms with E-state index in [9.17, 15) is 9.59 Å².